The van der Waals surface area contributed by atoms with Crippen molar-refractivity contribution in [1.29, 1.82) is 0 Å². The highest BCUT2D eigenvalue weighted by molar-refractivity contribution is 6.02. The topological polar surface area (TPSA) is 94.6 Å². The van der Waals surface area contributed by atoms with Crippen molar-refractivity contribution in [2.24, 2.45) is 0 Å². The SMILES string of the molecule is CC(C)c1ccc(NC(=O)CN2C(=O)N(Cc3ccncc3)C(=O)C3NCCCC32)cc1. The number of nitrogens with zero attached hydrogens (tertiary/aromatic N) is 3. The summed E-state index contributed by atoms with van der Waals surface area (Å²) in [6, 6.07) is 10.0. The van der Waals surface area contributed by atoms with E-state index in [4.69, 9.17) is 0 Å². The molecule has 0 bridgehead atoms. The van der Waals surface area contributed by atoms with Gasteiger partial charge < -0.3 is 15.5 Å². The van der Waals surface area contributed by atoms with Crippen LogP contribution in [0.5, 0.6) is 0 Å². The number of nitrogens with one attached hydrogen (secondary N) is 2. The lowest BCUT2D eigenvalue weighted by atomic mass is 9.93. The molecule has 2 aliphatic heterocycles. The van der Waals surface area contributed by atoms with E-state index in [0.29, 0.717) is 24.6 Å². The summed E-state index contributed by atoms with van der Waals surface area (Å²) in [5, 5.41) is 6.13. The number of aromatic nitrogens is 1. The van der Waals surface area contributed by atoms with Crippen LogP contribution in [0.15, 0.2) is 48.8 Å². The summed E-state index contributed by atoms with van der Waals surface area (Å²) in [5.41, 5.74) is 2.69. The second-order valence-corrected chi connectivity index (χ2v) is 8.66. The van der Waals surface area contributed by atoms with Crippen molar-refractivity contribution < 1.29 is 14.4 Å². The zero-order valence-corrected chi connectivity index (χ0v) is 18.5. The Balaban J connectivity index is 1.50. The van der Waals surface area contributed by atoms with Gasteiger partial charge >= 0.3 is 6.03 Å². The van der Waals surface area contributed by atoms with Gasteiger partial charge in [-0.05, 0) is 60.7 Å². The summed E-state index contributed by atoms with van der Waals surface area (Å²) in [7, 11) is 0. The third kappa shape index (κ3) is 4.65. The van der Waals surface area contributed by atoms with Gasteiger partial charge in [-0.1, -0.05) is 26.0 Å². The number of urea groups is 1. The second-order valence-electron chi connectivity index (χ2n) is 8.66. The van der Waals surface area contributed by atoms with Gasteiger partial charge in [0.05, 0.1) is 12.6 Å². The fraction of sp³-hybridized carbons (Fsp3) is 0.417. The lowest BCUT2D eigenvalue weighted by Crippen LogP contribution is -2.70. The van der Waals surface area contributed by atoms with Gasteiger partial charge in [-0.15, -0.1) is 0 Å². The molecule has 4 amide bonds. The monoisotopic (exact) mass is 435 g/mol. The van der Waals surface area contributed by atoms with Gasteiger partial charge in [0, 0.05) is 18.1 Å². The number of imide groups is 1. The number of carbonyl (C=O) groups excluding carboxylic acids is 3. The van der Waals surface area contributed by atoms with Crippen molar-refractivity contribution in [3.63, 3.8) is 0 Å². The average Bonchev–Trinajstić information content (AvgIpc) is 2.80. The number of hydrogen-bond acceptors (Lipinski definition) is 5. The summed E-state index contributed by atoms with van der Waals surface area (Å²) in [5.74, 6) is -0.110. The molecule has 32 heavy (non-hydrogen) atoms. The number of piperidine rings is 1. The molecule has 0 aliphatic carbocycles. The maximum Gasteiger partial charge on any atom is 0.327 e. The number of rotatable bonds is 6. The molecule has 1 aromatic heterocycles. The highest BCUT2D eigenvalue weighted by atomic mass is 16.2. The van der Waals surface area contributed by atoms with Crippen molar-refractivity contribution in [3.8, 4) is 0 Å². The molecular formula is C24H29N5O3. The summed E-state index contributed by atoms with van der Waals surface area (Å²) in [6.07, 6.45) is 4.80. The van der Waals surface area contributed by atoms with Gasteiger partial charge in [0.15, 0.2) is 0 Å². The Morgan fingerprint density at radius 1 is 1.16 bits per heavy atom. The molecule has 0 radical (unpaired) electrons. The van der Waals surface area contributed by atoms with E-state index in [1.54, 1.807) is 24.5 Å². The summed E-state index contributed by atoms with van der Waals surface area (Å²) in [4.78, 5) is 46.0. The number of carbonyl (C=O) groups is 3. The third-order valence-corrected chi connectivity index (χ3v) is 6.10. The fourth-order valence-corrected chi connectivity index (χ4v) is 4.33. The molecule has 8 heteroatoms. The molecule has 2 aliphatic rings. The van der Waals surface area contributed by atoms with Gasteiger partial charge in [-0.2, -0.15) is 0 Å². The molecule has 1 aromatic carbocycles. The number of hydrogen-bond donors (Lipinski definition) is 2. The van der Waals surface area contributed by atoms with Crippen LogP contribution in [0.3, 0.4) is 0 Å². The Morgan fingerprint density at radius 2 is 1.88 bits per heavy atom. The average molecular weight is 436 g/mol. The molecular weight excluding hydrogens is 406 g/mol. The second kappa shape index (κ2) is 9.48. The van der Waals surface area contributed by atoms with Crippen LogP contribution >= 0.6 is 0 Å². The van der Waals surface area contributed by atoms with E-state index in [0.717, 1.165) is 12.0 Å². The minimum atomic E-state index is -0.499. The Morgan fingerprint density at radius 3 is 2.56 bits per heavy atom. The molecule has 168 valence electrons. The molecule has 2 aromatic rings. The zero-order chi connectivity index (χ0) is 22.7. The summed E-state index contributed by atoms with van der Waals surface area (Å²) < 4.78 is 0. The van der Waals surface area contributed by atoms with Gasteiger partial charge in [0.25, 0.3) is 0 Å². The smallest absolute Gasteiger partial charge is 0.325 e. The number of fused-ring (bicyclic) bond motifs is 1. The van der Waals surface area contributed by atoms with E-state index in [-0.39, 0.29) is 30.9 Å². The molecule has 0 spiro atoms. The molecule has 2 N–H and O–H groups in total. The van der Waals surface area contributed by atoms with Crippen LogP contribution in [0.25, 0.3) is 0 Å². The van der Waals surface area contributed by atoms with E-state index < -0.39 is 12.1 Å². The number of amides is 4. The molecule has 2 unspecified atom stereocenters. The summed E-state index contributed by atoms with van der Waals surface area (Å²) in [6.45, 7) is 4.99. The normalized spacial score (nSPS) is 21.0. The summed E-state index contributed by atoms with van der Waals surface area (Å²) >= 11 is 0. The van der Waals surface area contributed by atoms with E-state index in [1.165, 1.54) is 15.4 Å². The standard InChI is InChI=1S/C24H29N5O3/c1-16(2)18-5-7-19(8-6-18)27-21(30)15-28-20-4-3-11-26-22(20)23(31)29(24(28)32)14-17-9-12-25-13-10-17/h5-10,12-13,16,20,22,26H,3-4,11,14-15H2,1-2H3,(H,27,30). The quantitative estimate of drug-likeness (QED) is 0.728. The van der Waals surface area contributed by atoms with Gasteiger partial charge in [0.2, 0.25) is 11.8 Å². The van der Waals surface area contributed by atoms with Crippen molar-refractivity contribution in [1.82, 2.24) is 20.1 Å². The Bertz CT molecular complexity index is 977. The first-order valence-electron chi connectivity index (χ1n) is 11.1. The van der Waals surface area contributed by atoms with Crippen LogP contribution < -0.4 is 10.6 Å². The maximum absolute atomic E-state index is 13.3. The van der Waals surface area contributed by atoms with Crippen molar-refractivity contribution in [2.75, 3.05) is 18.4 Å². The van der Waals surface area contributed by atoms with Crippen molar-refractivity contribution in [3.05, 3.63) is 59.9 Å². The predicted molar refractivity (Wildman–Crippen MR) is 121 cm³/mol. The predicted octanol–water partition coefficient (Wildman–Crippen LogP) is 2.73. The van der Waals surface area contributed by atoms with Gasteiger partial charge in [-0.25, -0.2) is 4.79 Å². The molecule has 0 saturated carbocycles. The zero-order valence-electron chi connectivity index (χ0n) is 18.5. The minimum Gasteiger partial charge on any atom is -0.325 e. The first-order valence-corrected chi connectivity index (χ1v) is 11.1. The Hall–Kier alpha value is -3.26. The van der Waals surface area contributed by atoms with Crippen LogP contribution in [0, 0.1) is 0 Å². The van der Waals surface area contributed by atoms with Crippen LogP contribution in [0.2, 0.25) is 0 Å². The van der Waals surface area contributed by atoms with Crippen molar-refractivity contribution in [2.45, 2.75) is 51.2 Å². The maximum atomic E-state index is 13.3. The number of benzene rings is 1. The van der Waals surface area contributed by atoms with Crippen molar-refractivity contribution >= 4 is 23.5 Å². The van der Waals surface area contributed by atoms with E-state index in [9.17, 15) is 14.4 Å². The van der Waals surface area contributed by atoms with Crippen LogP contribution in [0.4, 0.5) is 10.5 Å². The van der Waals surface area contributed by atoms with E-state index in [2.05, 4.69) is 29.5 Å². The largest absolute Gasteiger partial charge is 0.327 e. The highest BCUT2D eigenvalue weighted by Crippen LogP contribution is 2.26. The van der Waals surface area contributed by atoms with Gasteiger partial charge in [0.1, 0.15) is 12.6 Å². The first kappa shape index (κ1) is 22.0. The molecule has 8 nitrogen and oxygen atoms in total. The van der Waals surface area contributed by atoms with Crippen LogP contribution in [-0.2, 0) is 16.1 Å². The fourth-order valence-electron chi connectivity index (χ4n) is 4.33. The molecule has 2 saturated heterocycles. The Labute approximate surface area is 188 Å². The Kier molecular flexibility index (Phi) is 6.50. The lowest BCUT2D eigenvalue weighted by molar-refractivity contribution is -0.138. The van der Waals surface area contributed by atoms with E-state index >= 15 is 0 Å². The highest BCUT2D eigenvalue weighted by Gasteiger charge is 2.47. The molecule has 2 atom stereocenters. The lowest BCUT2D eigenvalue weighted by Gasteiger charge is -2.46. The molecule has 3 heterocycles. The van der Waals surface area contributed by atoms with Gasteiger partial charge in [-0.3, -0.25) is 19.5 Å². The van der Waals surface area contributed by atoms with E-state index in [1.807, 2.05) is 24.3 Å². The third-order valence-electron chi connectivity index (χ3n) is 6.10. The number of anilines is 1. The van der Waals surface area contributed by atoms with Crippen LogP contribution in [-0.4, -0.2) is 57.8 Å². The minimum absolute atomic E-state index is 0.103. The van der Waals surface area contributed by atoms with Crippen LogP contribution in [0.1, 0.15) is 43.7 Å². The first-order chi connectivity index (χ1) is 15.4. The number of pyridine rings is 1. The molecule has 4 rings (SSSR count). The molecule has 2 fully saturated rings.